The zero-order valence-corrected chi connectivity index (χ0v) is 14.6. The minimum Gasteiger partial charge on any atom is -0.302 e. The SMILES string of the molecule is O=[N+]([O-])c1ccccc1-n1c2ccccc2c2ccc(Cl)c(Br)c21. The molecule has 4 nitrogen and oxygen atoms in total. The number of para-hydroxylation sites is 3. The predicted molar refractivity (Wildman–Crippen MR) is 100 cm³/mol. The van der Waals surface area contributed by atoms with Gasteiger partial charge in [-0.25, -0.2) is 0 Å². The second kappa shape index (κ2) is 5.61. The lowest BCUT2D eigenvalue weighted by atomic mass is 10.1. The van der Waals surface area contributed by atoms with Crippen LogP contribution in [0.25, 0.3) is 27.5 Å². The van der Waals surface area contributed by atoms with Gasteiger partial charge >= 0.3 is 0 Å². The van der Waals surface area contributed by atoms with Gasteiger partial charge in [0, 0.05) is 16.8 Å². The van der Waals surface area contributed by atoms with Crippen LogP contribution < -0.4 is 0 Å². The van der Waals surface area contributed by atoms with Crippen LogP contribution in [-0.2, 0) is 0 Å². The number of fused-ring (bicyclic) bond motifs is 3. The van der Waals surface area contributed by atoms with E-state index in [1.807, 2.05) is 41.0 Å². The third-order valence-corrected chi connectivity index (χ3v) is 5.39. The van der Waals surface area contributed by atoms with Gasteiger partial charge in [-0.3, -0.25) is 10.1 Å². The molecule has 24 heavy (non-hydrogen) atoms. The molecule has 1 aromatic heterocycles. The molecule has 3 aromatic carbocycles. The van der Waals surface area contributed by atoms with Gasteiger partial charge in [0.2, 0.25) is 0 Å². The maximum Gasteiger partial charge on any atom is 0.293 e. The van der Waals surface area contributed by atoms with E-state index in [1.165, 1.54) is 6.07 Å². The standard InChI is InChI=1S/C18H10BrClN2O2/c19-17-13(20)10-9-12-11-5-1-2-6-14(11)21(18(12)17)15-7-3-4-8-16(15)22(23)24/h1-10H. The third-order valence-electron chi connectivity index (χ3n) is 4.05. The summed E-state index contributed by atoms with van der Waals surface area (Å²) in [5.74, 6) is 0. The van der Waals surface area contributed by atoms with Crippen LogP contribution in [0.5, 0.6) is 0 Å². The lowest BCUT2D eigenvalue weighted by Crippen LogP contribution is -2.00. The lowest BCUT2D eigenvalue weighted by molar-refractivity contribution is -0.384. The number of benzene rings is 3. The first-order valence-corrected chi connectivity index (χ1v) is 8.37. The zero-order chi connectivity index (χ0) is 16.8. The normalized spacial score (nSPS) is 11.2. The average molecular weight is 402 g/mol. The van der Waals surface area contributed by atoms with Gasteiger partial charge in [0.1, 0.15) is 5.69 Å². The highest BCUT2D eigenvalue weighted by molar-refractivity contribution is 9.10. The minimum atomic E-state index is -0.367. The largest absolute Gasteiger partial charge is 0.302 e. The fourth-order valence-electron chi connectivity index (χ4n) is 3.05. The Morgan fingerprint density at radius 1 is 0.958 bits per heavy atom. The highest BCUT2D eigenvalue weighted by Gasteiger charge is 2.21. The quantitative estimate of drug-likeness (QED) is 0.300. The lowest BCUT2D eigenvalue weighted by Gasteiger charge is -2.09. The van der Waals surface area contributed by atoms with Crippen LogP contribution in [0, 0.1) is 10.1 Å². The van der Waals surface area contributed by atoms with E-state index in [4.69, 9.17) is 11.6 Å². The van der Waals surface area contributed by atoms with Gasteiger partial charge in [0.05, 0.1) is 25.5 Å². The van der Waals surface area contributed by atoms with Crippen LogP contribution in [0.1, 0.15) is 0 Å². The second-order valence-corrected chi connectivity index (χ2v) is 6.56. The second-order valence-electron chi connectivity index (χ2n) is 5.36. The van der Waals surface area contributed by atoms with E-state index in [2.05, 4.69) is 15.9 Å². The smallest absolute Gasteiger partial charge is 0.293 e. The first-order chi connectivity index (χ1) is 11.6. The van der Waals surface area contributed by atoms with Crippen LogP contribution in [-0.4, -0.2) is 9.49 Å². The van der Waals surface area contributed by atoms with Gasteiger partial charge in [-0.1, -0.05) is 48.0 Å². The van der Waals surface area contributed by atoms with Gasteiger partial charge in [0.15, 0.2) is 0 Å². The topological polar surface area (TPSA) is 48.1 Å². The molecular formula is C18H10BrClN2O2. The first-order valence-electron chi connectivity index (χ1n) is 7.20. The molecule has 0 fully saturated rings. The van der Waals surface area contributed by atoms with Gasteiger partial charge in [0.25, 0.3) is 5.69 Å². The maximum absolute atomic E-state index is 11.5. The molecule has 1 heterocycles. The van der Waals surface area contributed by atoms with Crippen LogP contribution in [0.15, 0.2) is 65.1 Å². The molecule has 4 aromatic rings. The molecule has 0 atom stereocenters. The molecule has 0 saturated heterocycles. The van der Waals surface area contributed by atoms with Gasteiger partial charge < -0.3 is 4.57 Å². The Morgan fingerprint density at radius 2 is 1.67 bits per heavy atom. The van der Waals surface area contributed by atoms with Crippen LogP contribution in [0.2, 0.25) is 5.02 Å². The van der Waals surface area contributed by atoms with E-state index in [-0.39, 0.29) is 10.6 Å². The number of hydrogen-bond acceptors (Lipinski definition) is 2. The van der Waals surface area contributed by atoms with E-state index in [0.717, 1.165) is 26.3 Å². The van der Waals surface area contributed by atoms with Gasteiger partial charge in [-0.2, -0.15) is 0 Å². The molecule has 0 amide bonds. The Hall–Kier alpha value is -2.37. The van der Waals surface area contributed by atoms with Crippen LogP contribution in [0.4, 0.5) is 5.69 Å². The van der Waals surface area contributed by atoms with E-state index < -0.39 is 0 Å². The fourth-order valence-corrected chi connectivity index (χ4v) is 3.73. The predicted octanol–water partition coefficient (Wildman–Crippen LogP) is 6.11. The molecule has 0 unspecified atom stereocenters. The van der Waals surface area contributed by atoms with Crippen molar-refractivity contribution in [3.63, 3.8) is 0 Å². The Balaban J connectivity index is 2.27. The van der Waals surface area contributed by atoms with Crippen molar-refractivity contribution in [1.82, 2.24) is 4.57 Å². The van der Waals surface area contributed by atoms with E-state index in [1.54, 1.807) is 18.2 Å². The molecule has 4 rings (SSSR count). The van der Waals surface area contributed by atoms with Crippen molar-refractivity contribution in [2.45, 2.75) is 0 Å². The summed E-state index contributed by atoms with van der Waals surface area (Å²) in [5, 5.41) is 14.1. The molecule has 0 aliphatic carbocycles. The van der Waals surface area contributed by atoms with E-state index >= 15 is 0 Å². The van der Waals surface area contributed by atoms with Crippen LogP contribution >= 0.6 is 27.5 Å². The number of halogens is 2. The molecule has 0 bridgehead atoms. The Labute approximate surface area is 150 Å². The molecule has 0 aliphatic rings. The average Bonchev–Trinajstić information content (AvgIpc) is 2.93. The summed E-state index contributed by atoms with van der Waals surface area (Å²) in [6.45, 7) is 0. The summed E-state index contributed by atoms with van der Waals surface area (Å²) in [5.41, 5.74) is 2.27. The molecule has 0 aliphatic heterocycles. The fraction of sp³-hybridized carbons (Fsp3) is 0. The maximum atomic E-state index is 11.5. The molecular weight excluding hydrogens is 392 g/mol. The number of rotatable bonds is 2. The summed E-state index contributed by atoms with van der Waals surface area (Å²) >= 11 is 9.83. The highest BCUT2D eigenvalue weighted by Crippen LogP contribution is 2.40. The van der Waals surface area contributed by atoms with Crippen molar-refractivity contribution in [1.29, 1.82) is 0 Å². The minimum absolute atomic E-state index is 0.0482. The first kappa shape index (κ1) is 15.2. The zero-order valence-electron chi connectivity index (χ0n) is 12.2. The van der Waals surface area contributed by atoms with Gasteiger partial charge in [-0.05, 0) is 34.1 Å². The molecule has 0 N–H and O–H groups in total. The molecule has 0 spiro atoms. The summed E-state index contributed by atoms with van der Waals surface area (Å²) in [7, 11) is 0. The molecule has 0 radical (unpaired) electrons. The number of nitro benzene ring substituents is 1. The van der Waals surface area contributed by atoms with Gasteiger partial charge in [-0.15, -0.1) is 0 Å². The summed E-state index contributed by atoms with van der Waals surface area (Å²) in [6.07, 6.45) is 0. The van der Waals surface area contributed by atoms with E-state index in [0.29, 0.717) is 10.7 Å². The number of nitrogens with zero attached hydrogens (tertiary/aromatic N) is 2. The van der Waals surface area contributed by atoms with Crippen molar-refractivity contribution in [3.8, 4) is 5.69 Å². The Morgan fingerprint density at radius 3 is 2.46 bits per heavy atom. The van der Waals surface area contributed by atoms with Crippen molar-refractivity contribution < 1.29 is 4.92 Å². The number of aromatic nitrogens is 1. The molecule has 6 heteroatoms. The van der Waals surface area contributed by atoms with Crippen molar-refractivity contribution in [3.05, 3.63) is 80.3 Å². The monoisotopic (exact) mass is 400 g/mol. The highest BCUT2D eigenvalue weighted by atomic mass is 79.9. The molecule has 118 valence electrons. The van der Waals surface area contributed by atoms with Crippen molar-refractivity contribution in [2.24, 2.45) is 0 Å². The Kier molecular flexibility index (Phi) is 3.55. The van der Waals surface area contributed by atoms with Crippen molar-refractivity contribution >= 4 is 55.0 Å². The number of nitro groups is 1. The summed E-state index contributed by atoms with van der Waals surface area (Å²) in [6, 6.07) is 18.3. The Bertz CT molecular complexity index is 1120. The summed E-state index contributed by atoms with van der Waals surface area (Å²) in [4.78, 5) is 11.1. The number of hydrogen-bond donors (Lipinski definition) is 0. The summed E-state index contributed by atoms with van der Waals surface area (Å²) < 4.78 is 2.61. The van der Waals surface area contributed by atoms with Crippen LogP contribution in [0.3, 0.4) is 0 Å². The van der Waals surface area contributed by atoms with Crippen molar-refractivity contribution in [2.75, 3.05) is 0 Å². The third kappa shape index (κ3) is 2.12. The van der Waals surface area contributed by atoms with E-state index in [9.17, 15) is 10.1 Å². The molecule has 0 saturated carbocycles.